The van der Waals surface area contributed by atoms with Crippen molar-refractivity contribution >= 4 is 33.8 Å². The van der Waals surface area contributed by atoms with Crippen molar-refractivity contribution in [2.24, 2.45) is 0 Å². The number of hydrogen-bond donors (Lipinski definition) is 2. The van der Waals surface area contributed by atoms with Crippen LogP contribution >= 0.6 is 12.4 Å². The van der Waals surface area contributed by atoms with Crippen molar-refractivity contribution in [2.45, 2.75) is 31.7 Å². The molecule has 3 N–H and O–H groups in total. The van der Waals surface area contributed by atoms with Gasteiger partial charge < -0.3 is 11.1 Å². The summed E-state index contributed by atoms with van der Waals surface area (Å²) < 4.78 is 23.0. The number of nitrogens with two attached hydrogens (primary N) is 1. The van der Waals surface area contributed by atoms with E-state index < -0.39 is 9.84 Å². The average molecular weight is 333 g/mol. The number of carbonyl (C=O) groups is 1. The Balaban J connectivity index is 0.00000220. The Morgan fingerprint density at radius 3 is 2.71 bits per heavy atom. The number of rotatable bonds is 4. The van der Waals surface area contributed by atoms with Crippen LogP contribution in [0, 0.1) is 0 Å². The fourth-order valence-electron chi connectivity index (χ4n) is 2.45. The molecule has 1 heterocycles. The number of nitrogen functional groups attached to an aromatic ring is 1. The number of sulfone groups is 1. The summed E-state index contributed by atoms with van der Waals surface area (Å²) in [6.45, 7) is 0. The molecule has 21 heavy (non-hydrogen) atoms. The molecule has 1 saturated heterocycles. The van der Waals surface area contributed by atoms with Gasteiger partial charge in [-0.1, -0.05) is 18.2 Å². The third-order valence-electron chi connectivity index (χ3n) is 3.50. The summed E-state index contributed by atoms with van der Waals surface area (Å²) in [5.41, 5.74) is 7.44. The maximum Gasteiger partial charge on any atom is 0.220 e. The van der Waals surface area contributed by atoms with Crippen LogP contribution in [0.2, 0.25) is 0 Å². The minimum absolute atomic E-state index is 0. The van der Waals surface area contributed by atoms with Crippen LogP contribution in [0.4, 0.5) is 5.69 Å². The SMILES string of the molecule is Cl.Nc1ccccc1CCC(=O)NC1CCCS(=O)(=O)C1. The molecule has 1 amide bonds. The van der Waals surface area contributed by atoms with Crippen LogP contribution in [0.3, 0.4) is 0 Å². The van der Waals surface area contributed by atoms with Crippen molar-refractivity contribution in [3.8, 4) is 0 Å². The minimum atomic E-state index is -2.99. The highest BCUT2D eigenvalue weighted by Gasteiger charge is 2.25. The van der Waals surface area contributed by atoms with E-state index in [2.05, 4.69) is 5.32 Å². The highest BCUT2D eigenvalue weighted by molar-refractivity contribution is 7.91. The Bertz CT molecular complexity index is 590. The quantitative estimate of drug-likeness (QED) is 0.814. The molecule has 1 atom stereocenters. The number of halogens is 1. The Kier molecular flexibility index (Phi) is 6.48. The lowest BCUT2D eigenvalue weighted by Gasteiger charge is -2.23. The molecule has 1 aliphatic heterocycles. The van der Waals surface area contributed by atoms with Crippen molar-refractivity contribution < 1.29 is 13.2 Å². The van der Waals surface area contributed by atoms with Crippen molar-refractivity contribution in [3.63, 3.8) is 0 Å². The Morgan fingerprint density at radius 1 is 1.33 bits per heavy atom. The lowest BCUT2D eigenvalue weighted by atomic mass is 10.1. The van der Waals surface area contributed by atoms with Crippen LogP contribution in [0.5, 0.6) is 0 Å². The molecule has 0 aromatic heterocycles. The number of carbonyl (C=O) groups excluding carboxylic acids is 1. The number of hydrogen-bond acceptors (Lipinski definition) is 4. The Hall–Kier alpha value is -1.27. The molecular formula is C14H21ClN2O3S. The molecule has 1 aromatic rings. The van der Waals surface area contributed by atoms with Crippen LogP contribution in [-0.4, -0.2) is 31.9 Å². The summed E-state index contributed by atoms with van der Waals surface area (Å²) in [7, 11) is -2.99. The van der Waals surface area contributed by atoms with Crippen molar-refractivity contribution in [3.05, 3.63) is 29.8 Å². The predicted octanol–water partition coefficient (Wildman–Crippen LogP) is 1.32. The molecule has 1 aromatic carbocycles. The topological polar surface area (TPSA) is 89.3 Å². The molecule has 0 bridgehead atoms. The maximum atomic E-state index is 11.9. The van der Waals surface area contributed by atoms with Gasteiger partial charge in [0.2, 0.25) is 5.91 Å². The molecule has 1 fully saturated rings. The number of para-hydroxylation sites is 1. The van der Waals surface area contributed by atoms with Gasteiger partial charge in [-0.25, -0.2) is 8.42 Å². The second-order valence-electron chi connectivity index (χ2n) is 5.22. The van der Waals surface area contributed by atoms with E-state index in [0.29, 0.717) is 24.9 Å². The summed E-state index contributed by atoms with van der Waals surface area (Å²) in [4.78, 5) is 11.9. The molecule has 0 aliphatic carbocycles. The van der Waals surface area contributed by atoms with E-state index in [1.807, 2.05) is 18.2 Å². The van der Waals surface area contributed by atoms with Crippen molar-refractivity contribution in [1.29, 1.82) is 0 Å². The van der Waals surface area contributed by atoms with E-state index >= 15 is 0 Å². The smallest absolute Gasteiger partial charge is 0.220 e. The van der Waals surface area contributed by atoms with Gasteiger partial charge in [0.1, 0.15) is 0 Å². The van der Waals surface area contributed by atoms with Gasteiger partial charge in [0.15, 0.2) is 9.84 Å². The van der Waals surface area contributed by atoms with Gasteiger partial charge in [-0.15, -0.1) is 12.4 Å². The molecular weight excluding hydrogens is 312 g/mol. The van der Waals surface area contributed by atoms with Gasteiger partial charge in [-0.2, -0.15) is 0 Å². The first-order valence-corrected chi connectivity index (χ1v) is 8.61. The second kappa shape index (κ2) is 7.66. The van der Waals surface area contributed by atoms with Gasteiger partial charge in [-0.05, 0) is 30.9 Å². The maximum absolute atomic E-state index is 11.9. The van der Waals surface area contributed by atoms with Crippen LogP contribution in [0.15, 0.2) is 24.3 Å². The van der Waals surface area contributed by atoms with Gasteiger partial charge >= 0.3 is 0 Å². The van der Waals surface area contributed by atoms with Crippen LogP contribution in [0.25, 0.3) is 0 Å². The zero-order valence-electron chi connectivity index (χ0n) is 11.7. The molecule has 118 valence electrons. The first-order valence-electron chi connectivity index (χ1n) is 6.79. The molecule has 1 aliphatic rings. The fourth-order valence-corrected chi connectivity index (χ4v) is 4.08. The van der Waals surface area contributed by atoms with Crippen LogP contribution in [0.1, 0.15) is 24.8 Å². The van der Waals surface area contributed by atoms with Gasteiger partial charge in [0, 0.05) is 18.2 Å². The first kappa shape index (κ1) is 17.8. The largest absolute Gasteiger partial charge is 0.399 e. The van der Waals surface area contributed by atoms with E-state index in [9.17, 15) is 13.2 Å². The fraction of sp³-hybridized carbons (Fsp3) is 0.500. The average Bonchev–Trinajstić information content (AvgIpc) is 2.36. The molecule has 0 radical (unpaired) electrons. The number of nitrogens with one attached hydrogen (secondary N) is 1. The lowest BCUT2D eigenvalue weighted by Crippen LogP contribution is -2.43. The zero-order valence-corrected chi connectivity index (χ0v) is 13.4. The number of anilines is 1. The molecule has 7 heteroatoms. The molecule has 0 saturated carbocycles. The predicted molar refractivity (Wildman–Crippen MR) is 86.2 cm³/mol. The number of aryl methyl sites for hydroxylation is 1. The lowest BCUT2D eigenvalue weighted by molar-refractivity contribution is -0.121. The zero-order chi connectivity index (χ0) is 14.6. The van der Waals surface area contributed by atoms with Crippen LogP contribution in [-0.2, 0) is 21.1 Å². The van der Waals surface area contributed by atoms with Gasteiger partial charge in [0.05, 0.1) is 11.5 Å². The second-order valence-corrected chi connectivity index (χ2v) is 7.45. The summed E-state index contributed by atoms with van der Waals surface area (Å²) in [5.74, 6) is 0.182. The Morgan fingerprint density at radius 2 is 2.05 bits per heavy atom. The molecule has 1 unspecified atom stereocenters. The van der Waals surface area contributed by atoms with Crippen LogP contribution < -0.4 is 11.1 Å². The monoisotopic (exact) mass is 332 g/mol. The summed E-state index contributed by atoms with van der Waals surface area (Å²) >= 11 is 0. The standard InChI is InChI=1S/C14H20N2O3S.ClH/c15-13-6-2-1-4-11(13)7-8-14(17)16-12-5-3-9-20(18,19)10-12;/h1-2,4,6,12H,3,5,7-10,15H2,(H,16,17);1H. The Labute approximate surface area is 131 Å². The van der Waals surface area contributed by atoms with Crippen molar-refractivity contribution in [1.82, 2.24) is 5.32 Å². The minimum Gasteiger partial charge on any atom is -0.399 e. The molecule has 5 nitrogen and oxygen atoms in total. The van der Waals surface area contributed by atoms with Gasteiger partial charge in [0.25, 0.3) is 0 Å². The first-order chi connectivity index (χ1) is 9.46. The number of benzene rings is 1. The van der Waals surface area contributed by atoms with E-state index in [-0.39, 0.29) is 35.9 Å². The summed E-state index contributed by atoms with van der Waals surface area (Å²) in [6.07, 6.45) is 2.25. The summed E-state index contributed by atoms with van der Waals surface area (Å²) in [5, 5.41) is 2.81. The third kappa shape index (κ3) is 5.55. The van der Waals surface area contributed by atoms with Gasteiger partial charge in [-0.3, -0.25) is 4.79 Å². The number of amides is 1. The van der Waals surface area contributed by atoms with Crippen molar-refractivity contribution in [2.75, 3.05) is 17.2 Å². The summed E-state index contributed by atoms with van der Waals surface area (Å²) in [6, 6.07) is 7.20. The highest BCUT2D eigenvalue weighted by Crippen LogP contribution is 2.14. The third-order valence-corrected chi connectivity index (χ3v) is 5.33. The van der Waals surface area contributed by atoms with E-state index in [1.165, 1.54) is 0 Å². The van der Waals surface area contributed by atoms with E-state index in [1.54, 1.807) is 6.07 Å². The molecule has 2 rings (SSSR count). The van der Waals surface area contributed by atoms with E-state index in [4.69, 9.17) is 5.73 Å². The normalized spacial score (nSPS) is 20.3. The van der Waals surface area contributed by atoms with E-state index in [0.717, 1.165) is 12.0 Å². The highest BCUT2D eigenvalue weighted by atomic mass is 35.5. The molecule has 0 spiro atoms.